The molecule has 0 saturated carbocycles. The average molecular weight is 228 g/mol. The Bertz CT molecular complexity index is 580. The summed E-state index contributed by atoms with van der Waals surface area (Å²) in [5, 5.41) is 1.06. The zero-order chi connectivity index (χ0) is 11.7. The van der Waals surface area contributed by atoms with Gasteiger partial charge in [0.1, 0.15) is 17.4 Å². The Morgan fingerprint density at radius 2 is 2.06 bits per heavy atom. The van der Waals surface area contributed by atoms with Crippen molar-refractivity contribution in [2.45, 2.75) is 6.04 Å². The monoisotopic (exact) mass is 228 g/mol. The van der Waals surface area contributed by atoms with E-state index < -0.39 is 0 Å². The maximum atomic E-state index is 5.76. The van der Waals surface area contributed by atoms with Crippen LogP contribution in [0.15, 0.2) is 57.8 Å². The van der Waals surface area contributed by atoms with Gasteiger partial charge < -0.3 is 8.83 Å². The highest BCUT2D eigenvalue weighted by atomic mass is 16.3. The molecule has 2 heterocycles. The molecule has 2 aromatic heterocycles. The number of furan rings is 2. The fraction of sp³-hybridized carbons (Fsp3) is 0.0769. The molecule has 86 valence electrons. The molecule has 0 amide bonds. The first-order valence-corrected chi connectivity index (χ1v) is 5.35. The van der Waals surface area contributed by atoms with Crippen molar-refractivity contribution in [2.75, 3.05) is 0 Å². The zero-order valence-corrected chi connectivity index (χ0v) is 9.09. The third-order valence-corrected chi connectivity index (χ3v) is 2.77. The van der Waals surface area contributed by atoms with Gasteiger partial charge in [-0.25, -0.2) is 5.43 Å². The van der Waals surface area contributed by atoms with Crippen molar-refractivity contribution >= 4 is 11.0 Å². The van der Waals surface area contributed by atoms with Crippen LogP contribution in [0.25, 0.3) is 11.0 Å². The largest absolute Gasteiger partial charge is 0.472 e. The Hall–Kier alpha value is -2.04. The lowest BCUT2D eigenvalue weighted by molar-refractivity contribution is 0.472. The molecule has 1 atom stereocenters. The molecule has 17 heavy (non-hydrogen) atoms. The zero-order valence-electron chi connectivity index (χ0n) is 9.09. The second-order valence-electron chi connectivity index (χ2n) is 3.84. The molecule has 0 saturated heterocycles. The van der Waals surface area contributed by atoms with E-state index in [0.717, 1.165) is 22.3 Å². The van der Waals surface area contributed by atoms with E-state index >= 15 is 0 Å². The first-order chi connectivity index (χ1) is 8.38. The highest BCUT2D eigenvalue weighted by Gasteiger charge is 2.17. The number of nitrogens with one attached hydrogen (secondary N) is 1. The van der Waals surface area contributed by atoms with Crippen LogP contribution in [-0.2, 0) is 0 Å². The number of hydrogen-bond donors (Lipinski definition) is 2. The minimum atomic E-state index is -0.193. The van der Waals surface area contributed by atoms with Crippen LogP contribution < -0.4 is 11.3 Å². The van der Waals surface area contributed by atoms with Crippen molar-refractivity contribution in [3.63, 3.8) is 0 Å². The lowest BCUT2D eigenvalue weighted by Crippen LogP contribution is -2.28. The molecule has 4 heteroatoms. The van der Waals surface area contributed by atoms with Crippen LogP contribution >= 0.6 is 0 Å². The number of para-hydroxylation sites is 1. The Balaban J connectivity index is 2.07. The van der Waals surface area contributed by atoms with Crippen molar-refractivity contribution in [3.8, 4) is 0 Å². The molecule has 0 aliphatic heterocycles. The molecular weight excluding hydrogens is 216 g/mol. The SMILES string of the molecule is NNC(c1ccoc1)c1cc2ccccc2o1. The number of nitrogens with two attached hydrogens (primary N) is 1. The Kier molecular flexibility index (Phi) is 2.44. The average Bonchev–Trinajstić information content (AvgIpc) is 2.98. The van der Waals surface area contributed by atoms with Crippen LogP contribution in [0.1, 0.15) is 17.4 Å². The summed E-state index contributed by atoms with van der Waals surface area (Å²) in [7, 11) is 0. The van der Waals surface area contributed by atoms with Gasteiger partial charge in [-0.3, -0.25) is 5.84 Å². The molecule has 3 rings (SSSR count). The molecule has 0 bridgehead atoms. The summed E-state index contributed by atoms with van der Waals surface area (Å²) in [6, 6.07) is 11.5. The highest BCUT2D eigenvalue weighted by molar-refractivity contribution is 5.77. The van der Waals surface area contributed by atoms with Crippen molar-refractivity contribution in [2.24, 2.45) is 5.84 Å². The van der Waals surface area contributed by atoms with Gasteiger partial charge in [-0.05, 0) is 18.2 Å². The van der Waals surface area contributed by atoms with Gasteiger partial charge in [0.25, 0.3) is 0 Å². The molecular formula is C13H12N2O2. The van der Waals surface area contributed by atoms with Crippen LogP contribution in [0.4, 0.5) is 0 Å². The maximum Gasteiger partial charge on any atom is 0.134 e. The third kappa shape index (κ3) is 1.73. The molecule has 3 N–H and O–H groups in total. The quantitative estimate of drug-likeness (QED) is 0.534. The number of rotatable bonds is 3. The topological polar surface area (TPSA) is 64.3 Å². The van der Waals surface area contributed by atoms with Gasteiger partial charge in [-0.2, -0.15) is 0 Å². The van der Waals surface area contributed by atoms with Crippen molar-refractivity contribution in [1.29, 1.82) is 0 Å². The number of hydrazine groups is 1. The normalized spacial score (nSPS) is 13.0. The lowest BCUT2D eigenvalue weighted by Gasteiger charge is -2.10. The van der Waals surface area contributed by atoms with Gasteiger partial charge in [-0.15, -0.1) is 0 Å². The van der Waals surface area contributed by atoms with Gasteiger partial charge in [0, 0.05) is 10.9 Å². The Morgan fingerprint density at radius 1 is 1.18 bits per heavy atom. The fourth-order valence-corrected chi connectivity index (χ4v) is 1.93. The van der Waals surface area contributed by atoms with Crippen molar-refractivity contribution in [3.05, 3.63) is 60.2 Å². The molecule has 0 radical (unpaired) electrons. The van der Waals surface area contributed by atoms with Crippen molar-refractivity contribution in [1.82, 2.24) is 5.43 Å². The number of hydrogen-bond acceptors (Lipinski definition) is 4. The predicted octanol–water partition coefficient (Wildman–Crippen LogP) is 2.58. The van der Waals surface area contributed by atoms with E-state index in [2.05, 4.69) is 5.43 Å². The summed E-state index contributed by atoms with van der Waals surface area (Å²) in [6.07, 6.45) is 3.26. The highest BCUT2D eigenvalue weighted by Crippen LogP contribution is 2.27. The van der Waals surface area contributed by atoms with Crippen LogP contribution in [0.3, 0.4) is 0 Å². The van der Waals surface area contributed by atoms with E-state index in [4.69, 9.17) is 14.7 Å². The van der Waals surface area contributed by atoms with Crippen molar-refractivity contribution < 1.29 is 8.83 Å². The number of benzene rings is 1. The van der Waals surface area contributed by atoms with Gasteiger partial charge in [0.05, 0.1) is 12.5 Å². The third-order valence-electron chi connectivity index (χ3n) is 2.77. The van der Waals surface area contributed by atoms with E-state index in [1.807, 2.05) is 36.4 Å². The van der Waals surface area contributed by atoms with Gasteiger partial charge >= 0.3 is 0 Å². The molecule has 0 aliphatic carbocycles. The lowest BCUT2D eigenvalue weighted by atomic mass is 10.1. The second kappa shape index (κ2) is 4.08. The fourth-order valence-electron chi connectivity index (χ4n) is 1.93. The van der Waals surface area contributed by atoms with Crippen LogP contribution in [0.2, 0.25) is 0 Å². The Labute approximate surface area is 98.0 Å². The Morgan fingerprint density at radius 3 is 2.76 bits per heavy atom. The summed E-state index contributed by atoms with van der Waals surface area (Å²) < 4.78 is 10.8. The van der Waals surface area contributed by atoms with E-state index in [0.29, 0.717) is 0 Å². The minimum absolute atomic E-state index is 0.193. The summed E-state index contributed by atoms with van der Waals surface area (Å²) >= 11 is 0. The molecule has 1 aromatic carbocycles. The number of fused-ring (bicyclic) bond motifs is 1. The summed E-state index contributed by atoms with van der Waals surface area (Å²) in [5.74, 6) is 6.34. The molecule has 1 unspecified atom stereocenters. The minimum Gasteiger partial charge on any atom is -0.472 e. The second-order valence-corrected chi connectivity index (χ2v) is 3.84. The molecule has 0 fully saturated rings. The van der Waals surface area contributed by atoms with Gasteiger partial charge in [0.2, 0.25) is 0 Å². The standard InChI is InChI=1S/C13H12N2O2/c14-15-13(10-5-6-16-8-10)12-7-9-3-1-2-4-11(9)17-12/h1-8,13,15H,14H2. The summed E-state index contributed by atoms with van der Waals surface area (Å²) in [5.41, 5.74) is 4.52. The smallest absolute Gasteiger partial charge is 0.134 e. The summed E-state index contributed by atoms with van der Waals surface area (Å²) in [6.45, 7) is 0. The maximum absolute atomic E-state index is 5.76. The van der Waals surface area contributed by atoms with E-state index in [1.165, 1.54) is 0 Å². The van der Waals surface area contributed by atoms with Crippen LogP contribution in [0, 0.1) is 0 Å². The first kappa shape index (κ1) is 10.1. The predicted molar refractivity (Wildman–Crippen MR) is 64.1 cm³/mol. The van der Waals surface area contributed by atoms with Crippen LogP contribution in [0.5, 0.6) is 0 Å². The van der Waals surface area contributed by atoms with E-state index in [9.17, 15) is 0 Å². The van der Waals surface area contributed by atoms with E-state index in [-0.39, 0.29) is 6.04 Å². The first-order valence-electron chi connectivity index (χ1n) is 5.35. The molecule has 0 aliphatic rings. The van der Waals surface area contributed by atoms with Gasteiger partial charge in [-0.1, -0.05) is 18.2 Å². The molecule has 4 nitrogen and oxygen atoms in total. The van der Waals surface area contributed by atoms with Crippen LogP contribution in [-0.4, -0.2) is 0 Å². The molecule has 3 aromatic rings. The molecule has 0 spiro atoms. The van der Waals surface area contributed by atoms with Gasteiger partial charge in [0.15, 0.2) is 0 Å². The summed E-state index contributed by atoms with van der Waals surface area (Å²) in [4.78, 5) is 0. The van der Waals surface area contributed by atoms with E-state index in [1.54, 1.807) is 12.5 Å².